The summed E-state index contributed by atoms with van der Waals surface area (Å²) >= 11 is 0. The van der Waals surface area contributed by atoms with Crippen LogP contribution in [0.15, 0.2) is 0 Å². The normalized spacial score (nSPS) is 13.8. The number of amides is 2. The topological polar surface area (TPSA) is 139 Å². The monoisotopic (exact) mass is 439 g/mol. The molecule has 3 N–H and O–H groups in total. The molecule has 0 saturated heterocycles. The summed E-state index contributed by atoms with van der Waals surface area (Å²) in [5, 5.41) is 8.10. The van der Waals surface area contributed by atoms with E-state index in [1.54, 1.807) is 20.9 Å². The first-order chi connectivity index (χ1) is 14.4. The van der Waals surface area contributed by atoms with Crippen molar-refractivity contribution in [2.75, 3.05) is 7.05 Å². The molecular formula is C22H37N3O6. The number of hydrogen-bond acceptors (Lipinski definition) is 7. The van der Waals surface area contributed by atoms with E-state index in [-0.39, 0.29) is 67.1 Å². The lowest BCUT2D eigenvalue weighted by Gasteiger charge is -2.20. The maximum atomic E-state index is 12.3. The van der Waals surface area contributed by atoms with Crippen molar-refractivity contribution in [2.24, 2.45) is 5.92 Å². The lowest BCUT2D eigenvalue weighted by Crippen LogP contribution is -2.44. The molecule has 0 aromatic heterocycles. The van der Waals surface area contributed by atoms with E-state index >= 15 is 0 Å². The van der Waals surface area contributed by atoms with E-state index in [0.717, 1.165) is 0 Å². The van der Waals surface area contributed by atoms with Gasteiger partial charge < -0.3 is 20.7 Å². The van der Waals surface area contributed by atoms with Crippen LogP contribution in [-0.2, 0) is 28.8 Å². The Morgan fingerprint density at radius 1 is 0.645 bits per heavy atom. The Bertz CT molecular complexity index is 674. The fourth-order valence-electron chi connectivity index (χ4n) is 3.02. The van der Waals surface area contributed by atoms with Gasteiger partial charge in [0.1, 0.15) is 5.78 Å². The van der Waals surface area contributed by atoms with E-state index in [9.17, 15) is 28.8 Å². The van der Waals surface area contributed by atoms with Crippen molar-refractivity contribution in [3.05, 3.63) is 0 Å². The number of nitrogens with one attached hydrogen (secondary N) is 3. The highest BCUT2D eigenvalue weighted by Gasteiger charge is 2.23. The second-order valence-electron chi connectivity index (χ2n) is 8.18. The number of hydrogen-bond donors (Lipinski definition) is 3. The minimum Gasteiger partial charge on any atom is -0.346 e. The van der Waals surface area contributed by atoms with Crippen LogP contribution in [-0.4, -0.2) is 60.1 Å². The third-order valence-electron chi connectivity index (χ3n) is 5.02. The van der Waals surface area contributed by atoms with E-state index in [1.165, 1.54) is 20.8 Å². The minimum absolute atomic E-state index is 0.0138. The van der Waals surface area contributed by atoms with E-state index in [1.807, 2.05) is 0 Å². The highest BCUT2D eigenvalue weighted by Crippen LogP contribution is 2.08. The predicted octanol–water partition coefficient (Wildman–Crippen LogP) is 0.877. The Morgan fingerprint density at radius 3 is 1.35 bits per heavy atom. The van der Waals surface area contributed by atoms with E-state index in [2.05, 4.69) is 16.0 Å². The molecular weight excluding hydrogens is 402 g/mol. The van der Waals surface area contributed by atoms with Gasteiger partial charge in [-0.05, 0) is 47.1 Å². The number of carbonyl (C=O) groups is 6. The van der Waals surface area contributed by atoms with Gasteiger partial charge >= 0.3 is 0 Å². The molecule has 0 radical (unpaired) electrons. The number of carbonyl (C=O) groups excluding carboxylic acids is 6. The molecule has 0 aromatic rings. The zero-order valence-electron chi connectivity index (χ0n) is 19.5. The van der Waals surface area contributed by atoms with Crippen molar-refractivity contribution in [3.63, 3.8) is 0 Å². The number of likely N-dealkylation sites (N-methyl/N-ethyl adjacent to an activating group) is 1. The van der Waals surface area contributed by atoms with Gasteiger partial charge in [0.15, 0.2) is 17.3 Å². The van der Waals surface area contributed by atoms with Gasteiger partial charge in [-0.2, -0.15) is 0 Å². The molecule has 176 valence electrons. The Hall–Kier alpha value is -2.42. The highest BCUT2D eigenvalue weighted by atomic mass is 16.2. The molecule has 0 rings (SSSR count). The molecule has 9 heteroatoms. The molecule has 0 aliphatic heterocycles. The second kappa shape index (κ2) is 14.6. The van der Waals surface area contributed by atoms with Gasteiger partial charge in [-0.25, -0.2) is 0 Å². The van der Waals surface area contributed by atoms with Gasteiger partial charge in [0.05, 0.1) is 18.1 Å². The summed E-state index contributed by atoms with van der Waals surface area (Å²) in [6, 6.07) is -2.02. The molecule has 2 amide bonds. The molecule has 0 aromatic carbocycles. The number of Topliss-reactive ketones (excluding diaryl/α,β-unsaturated/α-hetero) is 4. The molecule has 3 atom stereocenters. The van der Waals surface area contributed by atoms with Crippen LogP contribution in [0, 0.1) is 5.92 Å². The summed E-state index contributed by atoms with van der Waals surface area (Å²) in [5.41, 5.74) is 0. The summed E-state index contributed by atoms with van der Waals surface area (Å²) < 4.78 is 0. The average Bonchev–Trinajstić information content (AvgIpc) is 2.67. The molecule has 0 saturated carbocycles. The largest absolute Gasteiger partial charge is 0.346 e. The van der Waals surface area contributed by atoms with Crippen molar-refractivity contribution < 1.29 is 28.8 Å². The molecule has 0 bridgehead atoms. The first-order valence-electron chi connectivity index (χ1n) is 10.7. The quantitative estimate of drug-likeness (QED) is 0.324. The van der Waals surface area contributed by atoms with Crippen LogP contribution in [0.5, 0.6) is 0 Å². The molecule has 0 aliphatic carbocycles. The molecule has 0 spiro atoms. The maximum absolute atomic E-state index is 12.3. The van der Waals surface area contributed by atoms with Crippen LogP contribution in [0.3, 0.4) is 0 Å². The van der Waals surface area contributed by atoms with Gasteiger partial charge in [-0.1, -0.05) is 13.8 Å². The minimum atomic E-state index is -0.833. The van der Waals surface area contributed by atoms with Gasteiger partial charge in [0.2, 0.25) is 11.8 Å². The molecule has 31 heavy (non-hydrogen) atoms. The van der Waals surface area contributed by atoms with Crippen LogP contribution in [0.4, 0.5) is 0 Å². The zero-order valence-corrected chi connectivity index (χ0v) is 19.5. The fourth-order valence-corrected chi connectivity index (χ4v) is 3.02. The van der Waals surface area contributed by atoms with Gasteiger partial charge in [0.25, 0.3) is 0 Å². The molecule has 0 fully saturated rings. The Labute approximate surface area is 184 Å². The van der Waals surface area contributed by atoms with E-state index < -0.39 is 24.0 Å². The van der Waals surface area contributed by atoms with Crippen LogP contribution in [0.1, 0.15) is 73.1 Å². The maximum Gasteiger partial charge on any atom is 0.220 e. The van der Waals surface area contributed by atoms with Gasteiger partial charge in [-0.15, -0.1) is 0 Å². The molecule has 9 nitrogen and oxygen atoms in total. The molecule has 0 heterocycles. The van der Waals surface area contributed by atoms with Crippen molar-refractivity contribution in [2.45, 2.75) is 91.3 Å². The Morgan fingerprint density at radius 2 is 1.03 bits per heavy atom. The van der Waals surface area contributed by atoms with Crippen molar-refractivity contribution in [3.8, 4) is 0 Å². The lowest BCUT2D eigenvalue weighted by atomic mass is 9.98. The van der Waals surface area contributed by atoms with Crippen molar-refractivity contribution >= 4 is 34.9 Å². The van der Waals surface area contributed by atoms with Crippen LogP contribution < -0.4 is 16.0 Å². The first-order valence-corrected chi connectivity index (χ1v) is 10.7. The second-order valence-corrected chi connectivity index (χ2v) is 8.18. The molecule has 0 aliphatic rings. The number of ketones is 4. The number of rotatable bonds is 16. The van der Waals surface area contributed by atoms with Crippen LogP contribution in [0.25, 0.3) is 0 Å². The van der Waals surface area contributed by atoms with Crippen LogP contribution in [0.2, 0.25) is 0 Å². The third kappa shape index (κ3) is 12.1. The third-order valence-corrected chi connectivity index (χ3v) is 5.02. The Balaban J connectivity index is 4.68. The van der Waals surface area contributed by atoms with E-state index in [0.29, 0.717) is 6.42 Å². The first kappa shape index (κ1) is 28.6. The molecule has 3 unspecified atom stereocenters. The summed E-state index contributed by atoms with van der Waals surface area (Å²) in [6.07, 6.45) is 0.816. The Kier molecular flexibility index (Phi) is 13.4. The van der Waals surface area contributed by atoms with Crippen molar-refractivity contribution in [1.82, 2.24) is 16.0 Å². The SMILES string of the molecule is CNC(CCC(=O)NC(CCC(=O)NC(CCC(C)=O)C(C)=O)C(C)=O)C(=O)C(C)C. The summed E-state index contributed by atoms with van der Waals surface area (Å²) in [7, 11) is 1.66. The van der Waals surface area contributed by atoms with Gasteiger partial charge in [0, 0.05) is 25.2 Å². The summed E-state index contributed by atoms with van der Waals surface area (Å²) in [5.74, 6) is -1.55. The summed E-state index contributed by atoms with van der Waals surface area (Å²) in [4.78, 5) is 71.2. The van der Waals surface area contributed by atoms with Gasteiger partial charge in [-0.3, -0.25) is 24.0 Å². The van der Waals surface area contributed by atoms with Crippen molar-refractivity contribution in [1.29, 1.82) is 0 Å². The average molecular weight is 440 g/mol. The smallest absolute Gasteiger partial charge is 0.220 e. The zero-order chi connectivity index (χ0) is 24.1. The lowest BCUT2D eigenvalue weighted by molar-refractivity contribution is -0.129. The van der Waals surface area contributed by atoms with Crippen LogP contribution >= 0.6 is 0 Å². The predicted molar refractivity (Wildman–Crippen MR) is 116 cm³/mol. The standard InChI is InChI=1S/C22H37N3O6/c1-13(2)22(31)19(23-6)10-12-21(30)25-18(16(5)28)9-11-20(29)24-17(15(4)27)8-7-14(3)26/h13,17-19,23H,7-12H2,1-6H3,(H,24,29)(H,25,30). The highest BCUT2D eigenvalue weighted by molar-refractivity contribution is 5.90. The summed E-state index contributed by atoms with van der Waals surface area (Å²) in [6.45, 7) is 7.66. The van der Waals surface area contributed by atoms with E-state index in [4.69, 9.17) is 0 Å². The fraction of sp³-hybridized carbons (Fsp3) is 0.727.